The zero-order valence-corrected chi connectivity index (χ0v) is 16.0. The zero-order chi connectivity index (χ0) is 19.7. The minimum Gasteiger partial charge on any atom is -0.545 e. The van der Waals surface area contributed by atoms with E-state index in [1.807, 2.05) is 42.8 Å². The second-order valence-corrected chi connectivity index (χ2v) is 7.44. The first-order valence-corrected chi connectivity index (χ1v) is 9.45. The van der Waals surface area contributed by atoms with Gasteiger partial charge in [-0.3, -0.25) is 0 Å². The summed E-state index contributed by atoms with van der Waals surface area (Å²) in [5.74, 6) is -0.439. The van der Waals surface area contributed by atoms with Gasteiger partial charge in [-0.25, -0.2) is 0 Å². The molecule has 1 saturated carbocycles. The van der Waals surface area contributed by atoms with E-state index in [-0.39, 0.29) is 5.56 Å². The normalized spacial score (nSPS) is 15.5. The third-order valence-corrected chi connectivity index (χ3v) is 5.49. The molecule has 0 atom stereocenters. The quantitative estimate of drug-likeness (QED) is 0.735. The Bertz CT molecular complexity index is 1000. The molecule has 0 spiro atoms. The maximum Gasteiger partial charge on any atom is 0.181 e. The number of carboxylic acids is 1. The van der Waals surface area contributed by atoms with Crippen molar-refractivity contribution in [2.75, 3.05) is 5.32 Å². The predicted molar refractivity (Wildman–Crippen MR) is 103 cm³/mol. The van der Waals surface area contributed by atoms with Crippen LogP contribution in [-0.2, 0) is 5.54 Å². The Balaban J connectivity index is 1.79. The maximum absolute atomic E-state index is 11.2. The lowest BCUT2D eigenvalue weighted by molar-refractivity contribution is -0.255. The van der Waals surface area contributed by atoms with Crippen LogP contribution < -0.4 is 10.4 Å². The van der Waals surface area contributed by atoms with Gasteiger partial charge in [-0.15, -0.1) is 5.10 Å². The van der Waals surface area contributed by atoms with Crippen LogP contribution in [0.2, 0.25) is 0 Å². The molecule has 1 heterocycles. The second kappa shape index (κ2) is 7.07. The van der Waals surface area contributed by atoms with Crippen LogP contribution in [0.15, 0.2) is 42.5 Å². The van der Waals surface area contributed by atoms with E-state index >= 15 is 0 Å². The molecule has 144 valence electrons. The van der Waals surface area contributed by atoms with Crippen molar-refractivity contribution in [1.82, 2.24) is 20.2 Å². The Morgan fingerprint density at radius 1 is 1.11 bits per heavy atom. The number of rotatable bonds is 5. The lowest BCUT2D eigenvalue weighted by Gasteiger charge is -2.31. The number of carbonyl (C=O) groups is 1. The largest absolute Gasteiger partial charge is 0.545 e. The van der Waals surface area contributed by atoms with Crippen LogP contribution in [0.5, 0.6) is 0 Å². The molecule has 28 heavy (non-hydrogen) atoms. The number of nitrogens with zero attached hydrogens (tertiary/aromatic N) is 4. The van der Waals surface area contributed by atoms with Crippen molar-refractivity contribution in [3.8, 4) is 5.69 Å². The summed E-state index contributed by atoms with van der Waals surface area (Å²) in [5.41, 5.74) is 3.59. The van der Waals surface area contributed by atoms with Crippen LogP contribution in [0, 0.1) is 13.8 Å². The van der Waals surface area contributed by atoms with Gasteiger partial charge in [0.05, 0.1) is 17.2 Å². The fourth-order valence-corrected chi connectivity index (χ4v) is 4.16. The Morgan fingerprint density at radius 2 is 1.79 bits per heavy atom. The molecule has 1 N–H and O–H groups in total. The van der Waals surface area contributed by atoms with Gasteiger partial charge in [-0.2, -0.15) is 4.68 Å². The van der Waals surface area contributed by atoms with Gasteiger partial charge in [-0.1, -0.05) is 43.2 Å². The molecule has 1 fully saturated rings. The van der Waals surface area contributed by atoms with E-state index in [2.05, 4.69) is 20.8 Å². The molecule has 0 bridgehead atoms. The second-order valence-electron chi connectivity index (χ2n) is 7.44. The van der Waals surface area contributed by atoms with Gasteiger partial charge in [0.2, 0.25) is 0 Å². The maximum atomic E-state index is 11.2. The molecule has 0 amide bonds. The zero-order valence-electron chi connectivity index (χ0n) is 16.0. The van der Waals surface area contributed by atoms with Crippen LogP contribution >= 0.6 is 0 Å². The van der Waals surface area contributed by atoms with Crippen molar-refractivity contribution in [2.45, 2.75) is 45.1 Å². The smallest absolute Gasteiger partial charge is 0.181 e. The van der Waals surface area contributed by atoms with E-state index in [1.165, 1.54) is 6.07 Å². The first-order valence-electron chi connectivity index (χ1n) is 9.45. The van der Waals surface area contributed by atoms with E-state index in [1.54, 1.807) is 12.1 Å². The SMILES string of the molecule is Cc1cccc(C)c1-n1nnnc1C1(Nc2cccc(C(=O)[O-])c2)CCCC1. The van der Waals surface area contributed by atoms with Crippen molar-refractivity contribution >= 4 is 11.7 Å². The van der Waals surface area contributed by atoms with E-state index in [0.29, 0.717) is 0 Å². The summed E-state index contributed by atoms with van der Waals surface area (Å²) >= 11 is 0. The number of hydrogen-bond donors (Lipinski definition) is 1. The highest BCUT2D eigenvalue weighted by Gasteiger charge is 2.41. The van der Waals surface area contributed by atoms with Crippen LogP contribution in [0.1, 0.15) is 53.0 Å². The summed E-state index contributed by atoms with van der Waals surface area (Å²) in [6.07, 6.45) is 3.83. The summed E-state index contributed by atoms with van der Waals surface area (Å²) in [6, 6.07) is 12.8. The van der Waals surface area contributed by atoms with E-state index < -0.39 is 11.5 Å². The number of tetrazole rings is 1. The topological polar surface area (TPSA) is 95.8 Å². The molecule has 0 radical (unpaired) electrons. The molecule has 0 aliphatic heterocycles. The number of para-hydroxylation sites is 1. The van der Waals surface area contributed by atoms with Crippen molar-refractivity contribution in [1.29, 1.82) is 0 Å². The first kappa shape index (κ1) is 18.2. The van der Waals surface area contributed by atoms with Crippen molar-refractivity contribution in [2.24, 2.45) is 0 Å². The lowest BCUT2D eigenvalue weighted by Crippen LogP contribution is -2.36. The first-order chi connectivity index (χ1) is 13.5. The van der Waals surface area contributed by atoms with Crippen LogP contribution in [0.25, 0.3) is 5.69 Å². The molecule has 3 aromatic rings. The molecular formula is C21H22N5O2-. The number of aryl methyl sites for hydroxylation is 2. The van der Waals surface area contributed by atoms with Crippen LogP contribution in [0.3, 0.4) is 0 Å². The van der Waals surface area contributed by atoms with Crippen molar-refractivity contribution in [3.05, 3.63) is 65.0 Å². The molecule has 0 saturated heterocycles. The van der Waals surface area contributed by atoms with E-state index in [9.17, 15) is 9.90 Å². The third kappa shape index (κ3) is 3.13. The summed E-state index contributed by atoms with van der Waals surface area (Å²) in [4.78, 5) is 11.2. The summed E-state index contributed by atoms with van der Waals surface area (Å²) in [6.45, 7) is 4.09. The molecule has 0 unspecified atom stereocenters. The average molecular weight is 376 g/mol. The molecule has 4 rings (SSSR count). The summed E-state index contributed by atoms with van der Waals surface area (Å²) < 4.78 is 1.82. The Morgan fingerprint density at radius 3 is 2.46 bits per heavy atom. The summed E-state index contributed by atoms with van der Waals surface area (Å²) in [5, 5.41) is 27.5. The number of carboxylic acid groups (broad SMARTS) is 1. The standard InChI is InChI=1S/C21H23N5O2/c1-14-7-5-8-15(2)18(14)26-20(23-24-25-26)21(11-3-4-12-21)22-17-10-6-9-16(13-17)19(27)28/h5-10,13,22H,3-4,11-12H2,1-2H3,(H,27,28)/p-1. The predicted octanol–water partition coefficient (Wildman–Crippen LogP) is 2.52. The van der Waals surface area contributed by atoms with Crippen LogP contribution in [-0.4, -0.2) is 26.2 Å². The number of aromatic carboxylic acids is 1. The molecule has 2 aromatic carbocycles. The van der Waals surface area contributed by atoms with Gasteiger partial charge in [0.15, 0.2) is 5.82 Å². The lowest BCUT2D eigenvalue weighted by atomic mass is 9.95. The van der Waals surface area contributed by atoms with Crippen molar-refractivity contribution < 1.29 is 9.90 Å². The average Bonchev–Trinajstić information content (AvgIpc) is 3.32. The monoisotopic (exact) mass is 376 g/mol. The van der Waals surface area contributed by atoms with Gasteiger partial charge < -0.3 is 15.2 Å². The highest BCUT2D eigenvalue weighted by atomic mass is 16.4. The third-order valence-electron chi connectivity index (χ3n) is 5.49. The molecular weight excluding hydrogens is 354 g/mol. The molecule has 1 aliphatic carbocycles. The van der Waals surface area contributed by atoms with Crippen molar-refractivity contribution in [3.63, 3.8) is 0 Å². The number of carbonyl (C=O) groups excluding carboxylic acids is 1. The Hall–Kier alpha value is -3.22. The van der Waals surface area contributed by atoms with Gasteiger partial charge in [-0.05, 0) is 65.9 Å². The molecule has 7 nitrogen and oxygen atoms in total. The number of nitrogens with one attached hydrogen (secondary N) is 1. The fraction of sp³-hybridized carbons (Fsp3) is 0.333. The minimum absolute atomic E-state index is 0.146. The molecule has 1 aromatic heterocycles. The number of benzene rings is 2. The highest BCUT2D eigenvalue weighted by molar-refractivity contribution is 5.87. The van der Waals surface area contributed by atoms with Gasteiger partial charge in [0.1, 0.15) is 0 Å². The number of anilines is 1. The Kier molecular flexibility index (Phi) is 4.58. The van der Waals surface area contributed by atoms with Gasteiger partial charge >= 0.3 is 0 Å². The highest BCUT2D eigenvalue weighted by Crippen LogP contribution is 2.41. The molecule has 7 heteroatoms. The number of hydrogen-bond acceptors (Lipinski definition) is 6. The van der Waals surface area contributed by atoms with Gasteiger partial charge in [0.25, 0.3) is 0 Å². The molecule has 1 aliphatic rings. The number of aromatic nitrogens is 4. The van der Waals surface area contributed by atoms with E-state index in [0.717, 1.165) is 54.0 Å². The minimum atomic E-state index is -1.19. The van der Waals surface area contributed by atoms with E-state index in [4.69, 9.17) is 0 Å². The van der Waals surface area contributed by atoms with Crippen LogP contribution in [0.4, 0.5) is 5.69 Å². The Labute approximate surface area is 163 Å². The summed E-state index contributed by atoms with van der Waals surface area (Å²) in [7, 11) is 0. The van der Waals surface area contributed by atoms with Gasteiger partial charge in [0, 0.05) is 5.69 Å². The fourth-order valence-electron chi connectivity index (χ4n) is 4.16.